The molecule has 0 spiro atoms. The highest BCUT2D eigenvalue weighted by Crippen LogP contribution is 2.12. The number of nitrogen functional groups attached to an aromatic ring is 1. The summed E-state index contributed by atoms with van der Waals surface area (Å²) in [5.41, 5.74) is 4.26. The van der Waals surface area contributed by atoms with Crippen LogP contribution in [0.3, 0.4) is 0 Å². The van der Waals surface area contributed by atoms with Gasteiger partial charge in [0.1, 0.15) is 5.01 Å². The minimum absolute atomic E-state index is 0.120. The van der Waals surface area contributed by atoms with Crippen LogP contribution in [0.4, 0.5) is 10.8 Å². The molecule has 0 aliphatic carbocycles. The monoisotopic (exact) mass is 253 g/mol. The molecule has 2 aromatic rings. The molecule has 0 saturated heterocycles. The van der Waals surface area contributed by atoms with Crippen molar-refractivity contribution < 1.29 is 4.92 Å². The standard InChI is InChI=1S/C8H7N5O3S/c9-8-11-10-6(17-8)4-12-3-1-2-5(7(12)14)13(15)16/h1-3H,4H2,(H2,9,11). The molecule has 0 aromatic carbocycles. The summed E-state index contributed by atoms with van der Waals surface area (Å²) in [6.07, 6.45) is 1.45. The van der Waals surface area contributed by atoms with Gasteiger partial charge >= 0.3 is 11.2 Å². The highest BCUT2D eigenvalue weighted by Gasteiger charge is 2.14. The molecule has 88 valence electrons. The van der Waals surface area contributed by atoms with E-state index >= 15 is 0 Å². The van der Waals surface area contributed by atoms with Gasteiger partial charge in [0, 0.05) is 12.3 Å². The Labute approximate surface area is 98.5 Å². The second-order valence-electron chi connectivity index (χ2n) is 3.12. The molecule has 0 radical (unpaired) electrons. The van der Waals surface area contributed by atoms with Gasteiger partial charge in [-0.3, -0.25) is 14.9 Å². The molecular weight excluding hydrogens is 246 g/mol. The van der Waals surface area contributed by atoms with Gasteiger partial charge in [-0.2, -0.15) is 0 Å². The van der Waals surface area contributed by atoms with Crippen LogP contribution in [0.2, 0.25) is 0 Å². The van der Waals surface area contributed by atoms with E-state index in [9.17, 15) is 14.9 Å². The number of pyridine rings is 1. The lowest BCUT2D eigenvalue weighted by Gasteiger charge is -2.01. The van der Waals surface area contributed by atoms with E-state index in [0.29, 0.717) is 10.1 Å². The zero-order valence-electron chi connectivity index (χ0n) is 8.44. The van der Waals surface area contributed by atoms with Gasteiger partial charge in [-0.05, 0) is 6.07 Å². The Hall–Kier alpha value is -2.29. The van der Waals surface area contributed by atoms with Crippen LogP contribution in [-0.4, -0.2) is 19.7 Å². The van der Waals surface area contributed by atoms with Gasteiger partial charge in [0.2, 0.25) is 5.13 Å². The van der Waals surface area contributed by atoms with E-state index in [0.717, 1.165) is 17.4 Å². The lowest BCUT2D eigenvalue weighted by molar-refractivity contribution is -0.386. The molecule has 17 heavy (non-hydrogen) atoms. The summed E-state index contributed by atoms with van der Waals surface area (Å²) in [4.78, 5) is 21.5. The maximum atomic E-state index is 11.7. The number of nitrogens with two attached hydrogens (primary N) is 1. The SMILES string of the molecule is Nc1nnc(Cn2cccc([N+](=O)[O-])c2=O)s1. The number of anilines is 1. The average molecular weight is 253 g/mol. The lowest BCUT2D eigenvalue weighted by atomic mass is 10.4. The zero-order valence-corrected chi connectivity index (χ0v) is 9.25. The molecule has 0 atom stereocenters. The lowest BCUT2D eigenvalue weighted by Crippen LogP contribution is -2.22. The normalized spacial score (nSPS) is 10.4. The van der Waals surface area contributed by atoms with Gasteiger partial charge in [0.05, 0.1) is 11.5 Å². The summed E-state index contributed by atoms with van der Waals surface area (Å²) in [6, 6.07) is 2.59. The number of rotatable bonds is 3. The number of nitrogens with zero attached hydrogens (tertiary/aromatic N) is 4. The first-order chi connectivity index (χ1) is 8.08. The molecule has 0 unspecified atom stereocenters. The molecule has 2 rings (SSSR count). The van der Waals surface area contributed by atoms with E-state index in [2.05, 4.69) is 10.2 Å². The molecule has 0 aliphatic heterocycles. The molecule has 0 amide bonds. The maximum absolute atomic E-state index is 11.7. The summed E-state index contributed by atoms with van der Waals surface area (Å²) < 4.78 is 1.19. The van der Waals surface area contributed by atoms with Crippen LogP contribution >= 0.6 is 11.3 Å². The van der Waals surface area contributed by atoms with E-state index in [-0.39, 0.29) is 6.54 Å². The summed E-state index contributed by atoms with van der Waals surface area (Å²) >= 11 is 1.13. The minimum atomic E-state index is -0.715. The number of nitro groups is 1. The van der Waals surface area contributed by atoms with Crippen LogP contribution in [0.25, 0.3) is 0 Å². The fourth-order valence-electron chi connectivity index (χ4n) is 1.26. The maximum Gasteiger partial charge on any atom is 0.334 e. The first kappa shape index (κ1) is 11.2. The predicted molar refractivity (Wildman–Crippen MR) is 60.8 cm³/mol. The Morgan fingerprint density at radius 3 is 2.88 bits per heavy atom. The van der Waals surface area contributed by atoms with Gasteiger partial charge in [0.15, 0.2) is 0 Å². The zero-order chi connectivity index (χ0) is 12.4. The first-order valence-corrected chi connectivity index (χ1v) is 5.31. The highest BCUT2D eigenvalue weighted by molar-refractivity contribution is 7.15. The third-order valence-electron chi connectivity index (χ3n) is 1.98. The van der Waals surface area contributed by atoms with Crippen molar-refractivity contribution in [2.24, 2.45) is 0 Å². The van der Waals surface area contributed by atoms with Crippen molar-refractivity contribution in [2.45, 2.75) is 6.54 Å². The molecule has 0 aliphatic rings. The Kier molecular flexibility index (Phi) is 2.83. The summed E-state index contributed by atoms with van der Waals surface area (Å²) in [5, 5.41) is 18.7. The van der Waals surface area contributed by atoms with Crippen LogP contribution < -0.4 is 11.3 Å². The van der Waals surface area contributed by atoms with Crippen LogP contribution in [0.15, 0.2) is 23.1 Å². The molecule has 2 N–H and O–H groups in total. The molecule has 0 bridgehead atoms. The number of hydrogen-bond acceptors (Lipinski definition) is 7. The number of aromatic nitrogens is 3. The second kappa shape index (κ2) is 4.29. The summed E-state index contributed by atoms with van der Waals surface area (Å²) in [6.45, 7) is 0.120. The van der Waals surface area contributed by atoms with E-state index in [4.69, 9.17) is 5.73 Å². The topological polar surface area (TPSA) is 117 Å². The first-order valence-electron chi connectivity index (χ1n) is 4.49. The third kappa shape index (κ3) is 2.28. The second-order valence-corrected chi connectivity index (χ2v) is 4.21. The van der Waals surface area contributed by atoms with E-state index < -0.39 is 16.2 Å². The molecule has 0 fully saturated rings. The van der Waals surface area contributed by atoms with Gasteiger partial charge in [-0.15, -0.1) is 10.2 Å². The Morgan fingerprint density at radius 1 is 1.53 bits per heavy atom. The van der Waals surface area contributed by atoms with E-state index in [1.165, 1.54) is 16.8 Å². The summed E-state index contributed by atoms with van der Waals surface area (Å²) in [5.74, 6) is 0. The number of hydrogen-bond donors (Lipinski definition) is 1. The van der Waals surface area contributed by atoms with Gasteiger partial charge < -0.3 is 10.3 Å². The van der Waals surface area contributed by atoms with Gasteiger partial charge in [-0.1, -0.05) is 11.3 Å². The van der Waals surface area contributed by atoms with E-state index in [1.807, 2.05) is 0 Å². The molecule has 2 aromatic heterocycles. The molecule has 0 saturated carbocycles. The Balaban J connectivity index is 2.37. The molecule has 2 heterocycles. The van der Waals surface area contributed by atoms with Crippen LogP contribution in [0.5, 0.6) is 0 Å². The molecular formula is C8H7N5O3S. The van der Waals surface area contributed by atoms with E-state index in [1.54, 1.807) is 0 Å². The van der Waals surface area contributed by atoms with Crippen LogP contribution in [-0.2, 0) is 6.54 Å². The highest BCUT2D eigenvalue weighted by atomic mass is 32.1. The van der Waals surface area contributed by atoms with Crippen LogP contribution in [0.1, 0.15) is 5.01 Å². The van der Waals surface area contributed by atoms with Crippen molar-refractivity contribution in [1.29, 1.82) is 0 Å². The fourth-order valence-corrected chi connectivity index (χ4v) is 1.87. The molecule has 9 heteroatoms. The van der Waals surface area contributed by atoms with Crippen molar-refractivity contribution in [3.05, 3.63) is 43.8 Å². The van der Waals surface area contributed by atoms with Crippen molar-refractivity contribution >= 4 is 22.2 Å². The van der Waals surface area contributed by atoms with Crippen molar-refractivity contribution in [3.8, 4) is 0 Å². The largest absolute Gasteiger partial charge is 0.374 e. The quantitative estimate of drug-likeness (QED) is 0.618. The third-order valence-corrected chi connectivity index (χ3v) is 2.72. The predicted octanol–water partition coefficient (Wildman–Crippen LogP) is 0.238. The van der Waals surface area contributed by atoms with Gasteiger partial charge in [-0.25, -0.2) is 0 Å². The van der Waals surface area contributed by atoms with Crippen molar-refractivity contribution in [3.63, 3.8) is 0 Å². The van der Waals surface area contributed by atoms with Crippen molar-refractivity contribution in [1.82, 2.24) is 14.8 Å². The van der Waals surface area contributed by atoms with Crippen LogP contribution in [0, 0.1) is 10.1 Å². The minimum Gasteiger partial charge on any atom is -0.374 e. The smallest absolute Gasteiger partial charge is 0.334 e. The average Bonchev–Trinajstić information content (AvgIpc) is 2.67. The van der Waals surface area contributed by atoms with Gasteiger partial charge in [0.25, 0.3) is 0 Å². The van der Waals surface area contributed by atoms with Crippen molar-refractivity contribution in [2.75, 3.05) is 5.73 Å². The Morgan fingerprint density at radius 2 is 2.29 bits per heavy atom. The Bertz CT molecular complexity index is 620. The molecule has 8 nitrogen and oxygen atoms in total. The summed E-state index contributed by atoms with van der Waals surface area (Å²) in [7, 11) is 0. The fraction of sp³-hybridized carbons (Fsp3) is 0.125.